The van der Waals surface area contributed by atoms with Gasteiger partial charge in [-0.25, -0.2) is 0 Å². The number of nitrogens with one attached hydrogen (secondary N) is 1. The van der Waals surface area contributed by atoms with Crippen LogP contribution in [0.25, 0.3) is 0 Å². The molecule has 0 rings (SSSR count). The van der Waals surface area contributed by atoms with Crippen molar-refractivity contribution >= 4 is 11.9 Å². The van der Waals surface area contributed by atoms with Crippen LogP contribution in [0.1, 0.15) is 239 Å². The van der Waals surface area contributed by atoms with Gasteiger partial charge in [0, 0.05) is 6.42 Å². The van der Waals surface area contributed by atoms with Crippen molar-refractivity contribution in [2.75, 3.05) is 6.61 Å². The third-order valence-electron chi connectivity index (χ3n) is 11.6. The van der Waals surface area contributed by atoms with Gasteiger partial charge in [-0.15, -0.1) is 0 Å². The molecule has 0 aliphatic heterocycles. The maximum Gasteiger partial charge on any atom is 0.306 e. The third-order valence-corrected chi connectivity index (χ3v) is 11.6. The molecule has 3 N–H and O–H groups in total. The molecule has 362 valence electrons. The van der Waals surface area contributed by atoms with Gasteiger partial charge in [0.2, 0.25) is 5.91 Å². The topological polar surface area (TPSA) is 95.9 Å². The highest BCUT2D eigenvalue weighted by Gasteiger charge is 2.24. The Hall–Kier alpha value is -2.96. The van der Waals surface area contributed by atoms with Gasteiger partial charge < -0.3 is 20.3 Å². The summed E-state index contributed by atoms with van der Waals surface area (Å²) in [5.41, 5.74) is 0. The van der Waals surface area contributed by atoms with Crippen LogP contribution < -0.4 is 5.32 Å². The quantitative estimate of drug-likeness (QED) is 0.0322. The Morgan fingerprint density at radius 2 is 0.857 bits per heavy atom. The zero-order valence-corrected chi connectivity index (χ0v) is 41.2. The monoisotopic (exact) mass is 878 g/mol. The molecule has 1 amide bonds. The molecule has 0 aromatic carbocycles. The number of hydrogen-bond acceptors (Lipinski definition) is 5. The van der Waals surface area contributed by atoms with Crippen LogP contribution in [-0.4, -0.2) is 46.9 Å². The average molecular weight is 878 g/mol. The molecule has 0 aromatic rings. The smallest absolute Gasteiger partial charge is 0.306 e. The van der Waals surface area contributed by atoms with Crippen molar-refractivity contribution in [1.82, 2.24) is 5.32 Å². The molecule has 0 spiro atoms. The van der Waals surface area contributed by atoms with Gasteiger partial charge in [-0.05, 0) is 70.6 Å². The molecule has 0 saturated heterocycles. The number of carbonyl (C=O) groups is 2. The van der Waals surface area contributed by atoms with Crippen LogP contribution >= 0.6 is 0 Å². The summed E-state index contributed by atoms with van der Waals surface area (Å²) < 4.78 is 5.92. The van der Waals surface area contributed by atoms with Gasteiger partial charge in [-0.1, -0.05) is 241 Å². The Balaban J connectivity index is 4.70. The van der Waals surface area contributed by atoms with Gasteiger partial charge >= 0.3 is 5.97 Å². The molecular weight excluding hydrogens is 779 g/mol. The fourth-order valence-electron chi connectivity index (χ4n) is 7.62. The van der Waals surface area contributed by atoms with E-state index in [-0.39, 0.29) is 24.9 Å². The Kier molecular flexibility index (Phi) is 47.7. The number of unbranched alkanes of at least 4 members (excludes halogenated alkanes) is 25. The normalized spacial score (nSPS) is 13.9. The molecule has 6 nitrogen and oxygen atoms in total. The van der Waals surface area contributed by atoms with Crippen molar-refractivity contribution in [2.24, 2.45) is 0 Å². The zero-order chi connectivity index (χ0) is 45.9. The molecule has 3 unspecified atom stereocenters. The van der Waals surface area contributed by atoms with Gasteiger partial charge in [0.25, 0.3) is 0 Å². The van der Waals surface area contributed by atoms with E-state index in [1.807, 2.05) is 6.08 Å². The number of carbonyl (C=O) groups excluding carboxylic acids is 2. The highest BCUT2D eigenvalue weighted by molar-refractivity contribution is 5.77. The van der Waals surface area contributed by atoms with E-state index in [1.54, 1.807) is 0 Å². The molecule has 0 bridgehead atoms. The lowest BCUT2D eigenvalue weighted by Gasteiger charge is -2.24. The first-order valence-corrected chi connectivity index (χ1v) is 26.4. The standard InChI is InChI=1S/C57H99NO5/c1-4-7-10-13-16-19-22-25-27-29-31-33-36-39-42-45-48-53(63-57(62)50-47-44-41-38-35-32-28-26-23-20-17-14-11-8-5-2)51-56(61)58-54(52-59)55(60)49-46-43-40-37-34-30-24-21-18-15-12-9-6-3/h8,11,14,16-17,19-20,22-23,25,27,29,31,33,53-55,59-60H,4-7,9-10,12-13,15,18,21,24,26,28,30,32,34-52H2,1-3H3,(H,58,61)/b11-8+,17-14+,19-16+,23-20+,25-22+,29-27+,33-31+. The first-order valence-electron chi connectivity index (χ1n) is 26.4. The van der Waals surface area contributed by atoms with Crippen molar-refractivity contribution in [3.05, 3.63) is 85.1 Å². The molecule has 0 fully saturated rings. The Labute approximate surface area is 389 Å². The lowest BCUT2D eigenvalue weighted by atomic mass is 10.0. The van der Waals surface area contributed by atoms with Gasteiger partial charge in [-0.3, -0.25) is 9.59 Å². The van der Waals surface area contributed by atoms with E-state index in [2.05, 4.69) is 105 Å². The number of esters is 1. The van der Waals surface area contributed by atoms with Crippen LogP contribution in [0.2, 0.25) is 0 Å². The van der Waals surface area contributed by atoms with Gasteiger partial charge in [-0.2, -0.15) is 0 Å². The maximum atomic E-state index is 13.2. The summed E-state index contributed by atoms with van der Waals surface area (Å²) in [5, 5.41) is 23.8. The predicted octanol–water partition coefficient (Wildman–Crippen LogP) is 16.0. The molecule has 0 heterocycles. The molecule has 0 aliphatic carbocycles. The second-order valence-corrected chi connectivity index (χ2v) is 17.7. The SMILES string of the molecule is CC/C=C/C=C/C=C/CCCCCCCCCC(=O)OC(CCCCC/C=C/C=C/C=C/C=C/CCCCC)CC(=O)NC(CO)C(O)CCCCCCCCCCCCCCC. The van der Waals surface area contributed by atoms with Crippen molar-refractivity contribution in [1.29, 1.82) is 0 Å². The summed E-state index contributed by atoms with van der Waals surface area (Å²) in [4.78, 5) is 26.2. The van der Waals surface area contributed by atoms with Crippen LogP contribution in [0, 0.1) is 0 Å². The Bertz CT molecular complexity index is 1210. The molecule has 3 atom stereocenters. The minimum Gasteiger partial charge on any atom is -0.462 e. The van der Waals surface area contributed by atoms with E-state index in [0.717, 1.165) is 83.5 Å². The van der Waals surface area contributed by atoms with Gasteiger partial charge in [0.1, 0.15) is 6.10 Å². The number of allylic oxidation sites excluding steroid dienone is 14. The van der Waals surface area contributed by atoms with Crippen molar-refractivity contribution in [3.8, 4) is 0 Å². The summed E-state index contributed by atoms with van der Waals surface area (Å²) in [6.07, 6.45) is 64.9. The van der Waals surface area contributed by atoms with E-state index in [4.69, 9.17) is 4.74 Å². The van der Waals surface area contributed by atoms with Crippen LogP contribution in [0.5, 0.6) is 0 Å². The largest absolute Gasteiger partial charge is 0.462 e. The lowest BCUT2D eigenvalue weighted by Crippen LogP contribution is -2.46. The molecule has 0 saturated carbocycles. The number of amides is 1. The minimum atomic E-state index is -0.805. The van der Waals surface area contributed by atoms with Crippen LogP contribution in [0.4, 0.5) is 0 Å². The molecule has 0 aliphatic rings. The zero-order valence-electron chi connectivity index (χ0n) is 41.2. The first kappa shape index (κ1) is 60.0. The summed E-state index contributed by atoms with van der Waals surface area (Å²) in [6, 6.07) is -0.721. The summed E-state index contributed by atoms with van der Waals surface area (Å²) in [5.74, 6) is -0.529. The highest BCUT2D eigenvalue weighted by Crippen LogP contribution is 2.17. The fourth-order valence-corrected chi connectivity index (χ4v) is 7.62. The minimum absolute atomic E-state index is 0.0429. The van der Waals surface area contributed by atoms with E-state index in [1.165, 1.54) is 109 Å². The number of aliphatic hydroxyl groups excluding tert-OH is 2. The highest BCUT2D eigenvalue weighted by atomic mass is 16.5. The second kappa shape index (κ2) is 50.0. The average Bonchev–Trinajstić information content (AvgIpc) is 3.28. The molecule has 63 heavy (non-hydrogen) atoms. The number of rotatable bonds is 46. The van der Waals surface area contributed by atoms with E-state index >= 15 is 0 Å². The van der Waals surface area contributed by atoms with E-state index in [0.29, 0.717) is 19.3 Å². The Morgan fingerprint density at radius 3 is 1.35 bits per heavy atom. The Morgan fingerprint density at radius 1 is 0.476 bits per heavy atom. The van der Waals surface area contributed by atoms with Gasteiger partial charge in [0.05, 0.1) is 25.2 Å². The molecule has 6 heteroatoms. The van der Waals surface area contributed by atoms with Crippen LogP contribution in [0.3, 0.4) is 0 Å². The van der Waals surface area contributed by atoms with Crippen LogP contribution in [0.15, 0.2) is 85.1 Å². The summed E-state index contributed by atoms with van der Waals surface area (Å²) in [6.45, 7) is 6.30. The number of aliphatic hydroxyl groups is 2. The second-order valence-electron chi connectivity index (χ2n) is 17.7. The number of hydrogen-bond donors (Lipinski definition) is 3. The molecular formula is C57H99NO5. The van der Waals surface area contributed by atoms with Crippen molar-refractivity contribution in [3.63, 3.8) is 0 Å². The van der Waals surface area contributed by atoms with Gasteiger partial charge in [0.15, 0.2) is 0 Å². The maximum absolute atomic E-state index is 13.2. The van der Waals surface area contributed by atoms with E-state index in [9.17, 15) is 19.8 Å². The van der Waals surface area contributed by atoms with Crippen molar-refractivity contribution in [2.45, 2.75) is 257 Å². The van der Waals surface area contributed by atoms with Crippen LogP contribution in [-0.2, 0) is 14.3 Å². The number of ether oxygens (including phenoxy) is 1. The lowest BCUT2D eigenvalue weighted by molar-refractivity contribution is -0.151. The predicted molar refractivity (Wildman–Crippen MR) is 273 cm³/mol. The van der Waals surface area contributed by atoms with E-state index < -0.39 is 18.2 Å². The molecule has 0 aromatic heterocycles. The first-order chi connectivity index (χ1) is 31.0. The van der Waals surface area contributed by atoms with Crippen molar-refractivity contribution < 1.29 is 24.5 Å². The summed E-state index contributed by atoms with van der Waals surface area (Å²) >= 11 is 0. The fraction of sp³-hybridized carbons (Fsp3) is 0.719. The molecule has 0 radical (unpaired) electrons. The third kappa shape index (κ3) is 45.4. The summed E-state index contributed by atoms with van der Waals surface area (Å²) in [7, 11) is 0.